The molecule has 0 atom stereocenters. The molecular formula is C9H12F3N3O3. The van der Waals surface area contributed by atoms with Crippen LogP contribution >= 0.6 is 0 Å². The minimum atomic E-state index is -4.63. The molecule has 0 amide bonds. The lowest BCUT2D eigenvalue weighted by Gasteiger charge is -2.28. The van der Waals surface area contributed by atoms with Crippen LogP contribution in [0, 0.1) is 0 Å². The van der Waals surface area contributed by atoms with Gasteiger partial charge in [0.25, 0.3) is 0 Å². The van der Waals surface area contributed by atoms with Crippen LogP contribution in [-0.2, 0) is 6.18 Å². The molecule has 1 aromatic heterocycles. The number of nitrogens with one attached hydrogen (secondary N) is 1. The number of aliphatic hydroxyl groups is 3. The van der Waals surface area contributed by atoms with E-state index in [0.717, 1.165) is 6.20 Å². The molecule has 4 N–H and O–H groups in total. The summed E-state index contributed by atoms with van der Waals surface area (Å²) in [6, 6.07) is 0.684. The lowest BCUT2D eigenvalue weighted by atomic mass is 10.0. The average molecular weight is 267 g/mol. The van der Waals surface area contributed by atoms with Gasteiger partial charge in [0.2, 0.25) is 5.95 Å². The van der Waals surface area contributed by atoms with Crippen LogP contribution in [0.2, 0.25) is 0 Å². The Morgan fingerprint density at radius 1 is 1.11 bits per heavy atom. The van der Waals surface area contributed by atoms with Crippen molar-refractivity contribution in [1.29, 1.82) is 0 Å². The molecule has 1 heterocycles. The molecule has 0 aliphatic carbocycles. The fourth-order valence-corrected chi connectivity index (χ4v) is 1.08. The van der Waals surface area contributed by atoms with Crippen LogP contribution in [0.3, 0.4) is 0 Å². The first-order valence-electron chi connectivity index (χ1n) is 4.88. The SMILES string of the molecule is OCC(CO)(CO)Nc1nccc(C(F)(F)F)n1. The summed E-state index contributed by atoms with van der Waals surface area (Å²) in [5.74, 6) is -0.443. The second-order valence-electron chi connectivity index (χ2n) is 3.64. The molecule has 102 valence electrons. The van der Waals surface area contributed by atoms with E-state index in [4.69, 9.17) is 15.3 Å². The van der Waals surface area contributed by atoms with Crippen LogP contribution in [0.15, 0.2) is 12.3 Å². The Kier molecular flexibility index (Phi) is 4.43. The number of rotatable bonds is 5. The van der Waals surface area contributed by atoms with Gasteiger partial charge in [0.15, 0.2) is 0 Å². The number of hydrogen-bond acceptors (Lipinski definition) is 6. The Labute approximate surface area is 100 Å². The highest BCUT2D eigenvalue weighted by Crippen LogP contribution is 2.27. The maximum atomic E-state index is 12.4. The molecule has 0 aromatic carbocycles. The topological polar surface area (TPSA) is 98.5 Å². The van der Waals surface area contributed by atoms with Crippen molar-refractivity contribution < 1.29 is 28.5 Å². The molecule has 1 aromatic rings. The highest BCUT2D eigenvalue weighted by molar-refractivity contribution is 5.31. The van der Waals surface area contributed by atoms with Crippen molar-refractivity contribution in [1.82, 2.24) is 9.97 Å². The number of alkyl halides is 3. The van der Waals surface area contributed by atoms with E-state index < -0.39 is 43.2 Å². The predicted molar refractivity (Wildman–Crippen MR) is 54.6 cm³/mol. The monoisotopic (exact) mass is 267 g/mol. The average Bonchev–Trinajstić information content (AvgIpc) is 2.35. The summed E-state index contributed by atoms with van der Waals surface area (Å²) in [6.07, 6.45) is -3.74. The van der Waals surface area contributed by atoms with Crippen molar-refractivity contribution in [2.45, 2.75) is 11.7 Å². The van der Waals surface area contributed by atoms with Crippen LogP contribution < -0.4 is 5.32 Å². The second-order valence-corrected chi connectivity index (χ2v) is 3.64. The van der Waals surface area contributed by atoms with E-state index >= 15 is 0 Å². The van der Waals surface area contributed by atoms with E-state index in [1.54, 1.807) is 0 Å². The van der Waals surface area contributed by atoms with E-state index in [1.807, 2.05) is 0 Å². The summed E-state index contributed by atoms with van der Waals surface area (Å²) in [6.45, 7) is -2.08. The Bertz CT molecular complexity index is 388. The zero-order chi connectivity index (χ0) is 13.8. The molecule has 0 aliphatic heterocycles. The quantitative estimate of drug-likeness (QED) is 0.580. The number of aliphatic hydroxyl groups excluding tert-OH is 3. The first kappa shape index (κ1) is 14.6. The van der Waals surface area contributed by atoms with Gasteiger partial charge in [-0.05, 0) is 6.07 Å². The number of anilines is 1. The van der Waals surface area contributed by atoms with Crippen molar-refractivity contribution in [3.63, 3.8) is 0 Å². The lowest BCUT2D eigenvalue weighted by molar-refractivity contribution is -0.141. The molecule has 0 unspecified atom stereocenters. The van der Waals surface area contributed by atoms with Gasteiger partial charge in [-0.25, -0.2) is 9.97 Å². The van der Waals surface area contributed by atoms with Gasteiger partial charge in [0.1, 0.15) is 11.2 Å². The standard InChI is InChI=1S/C9H12F3N3O3/c10-9(11,12)6-1-2-13-7(14-6)15-8(3-16,4-17)5-18/h1-2,16-18H,3-5H2,(H,13,14,15). The van der Waals surface area contributed by atoms with E-state index in [-0.39, 0.29) is 0 Å². The van der Waals surface area contributed by atoms with Crippen molar-refractivity contribution >= 4 is 5.95 Å². The molecule has 0 fully saturated rings. The number of hydrogen-bond donors (Lipinski definition) is 4. The minimum absolute atomic E-state index is 0.443. The highest BCUT2D eigenvalue weighted by atomic mass is 19.4. The van der Waals surface area contributed by atoms with E-state index in [9.17, 15) is 13.2 Å². The molecule has 18 heavy (non-hydrogen) atoms. The molecular weight excluding hydrogens is 255 g/mol. The van der Waals surface area contributed by atoms with Crippen LogP contribution in [0.5, 0.6) is 0 Å². The molecule has 0 saturated heterocycles. The highest BCUT2D eigenvalue weighted by Gasteiger charge is 2.34. The molecule has 0 spiro atoms. The van der Waals surface area contributed by atoms with Crippen molar-refractivity contribution in [2.75, 3.05) is 25.1 Å². The van der Waals surface area contributed by atoms with Crippen LogP contribution in [0.25, 0.3) is 0 Å². The fraction of sp³-hybridized carbons (Fsp3) is 0.556. The van der Waals surface area contributed by atoms with Crippen molar-refractivity contribution in [3.8, 4) is 0 Å². The summed E-state index contributed by atoms with van der Waals surface area (Å²) in [5.41, 5.74) is -2.74. The molecule has 0 bridgehead atoms. The van der Waals surface area contributed by atoms with Gasteiger partial charge in [-0.15, -0.1) is 0 Å². The third kappa shape index (κ3) is 3.28. The van der Waals surface area contributed by atoms with Gasteiger partial charge in [-0.3, -0.25) is 0 Å². The molecule has 0 aliphatic rings. The lowest BCUT2D eigenvalue weighted by Crippen LogP contribution is -2.49. The summed E-state index contributed by atoms with van der Waals surface area (Å²) in [4.78, 5) is 6.72. The molecule has 0 saturated carbocycles. The minimum Gasteiger partial charge on any atom is -0.394 e. The number of nitrogens with zero attached hydrogens (tertiary/aromatic N) is 2. The van der Waals surface area contributed by atoms with Gasteiger partial charge in [-0.2, -0.15) is 13.2 Å². The van der Waals surface area contributed by atoms with Crippen molar-refractivity contribution in [2.24, 2.45) is 0 Å². The van der Waals surface area contributed by atoms with Gasteiger partial charge >= 0.3 is 6.18 Å². The molecule has 1 rings (SSSR count). The number of halogens is 3. The summed E-state index contributed by atoms with van der Waals surface area (Å²) < 4.78 is 37.1. The normalized spacial score (nSPS) is 12.6. The smallest absolute Gasteiger partial charge is 0.394 e. The van der Waals surface area contributed by atoms with Gasteiger partial charge in [0.05, 0.1) is 19.8 Å². The Balaban J connectivity index is 2.98. The van der Waals surface area contributed by atoms with Crippen LogP contribution in [-0.4, -0.2) is 50.6 Å². The zero-order valence-electron chi connectivity index (χ0n) is 9.15. The Morgan fingerprint density at radius 3 is 2.11 bits per heavy atom. The maximum absolute atomic E-state index is 12.4. The molecule has 6 nitrogen and oxygen atoms in total. The van der Waals surface area contributed by atoms with E-state index in [1.165, 1.54) is 0 Å². The molecule has 9 heteroatoms. The fourth-order valence-electron chi connectivity index (χ4n) is 1.08. The van der Waals surface area contributed by atoms with Gasteiger partial charge < -0.3 is 20.6 Å². The second kappa shape index (κ2) is 5.46. The van der Waals surface area contributed by atoms with E-state index in [2.05, 4.69) is 15.3 Å². The summed E-state index contributed by atoms with van der Waals surface area (Å²) in [5, 5.41) is 29.3. The van der Waals surface area contributed by atoms with E-state index in [0.29, 0.717) is 6.07 Å². The van der Waals surface area contributed by atoms with Gasteiger partial charge in [0, 0.05) is 6.20 Å². The van der Waals surface area contributed by atoms with Crippen LogP contribution in [0.4, 0.5) is 19.1 Å². The Morgan fingerprint density at radius 2 is 1.67 bits per heavy atom. The largest absolute Gasteiger partial charge is 0.433 e. The Hall–Kier alpha value is -1.45. The molecule has 0 radical (unpaired) electrons. The predicted octanol–water partition coefficient (Wildman–Crippen LogP) is -0.377. The maximum Gasteiger partial charge on any atom is 0.433 e. The first-order chi connectivity index (χ1) is 8.37. The summed E-state index contributed by atoms with van der Waals surface area (Å²) in [7, 11) is 0. The van der Waals surface area contributed by atoms with Crippen molar-refractivity contribution in [3.05, 3.63) is 18.0 Å². The third-order valence-corrected chi connectivity index (χ3v) is 2.23. The van der Waals surface area contributed by atoms with Crippen LogP contribution in [0.1, 0.15) is 5.69 Å². The summed E-state index contributed by atoms with van der Waals surface area (Å²) >= 11 is 0. The van der Waals surface area contributed by atoms with Gasteiger partial charge in [-0.1, -0.05) is 0 Å². The number of aromatic nitrogens is 2. The third-order valence-electron chi connectivity index (χ3n) is 2.23. The zero-order valence-corrected chi connectivity index (χ0v) is 9.15. The first-order valence-corrected chi connectivity index (χ1v) is 4.88.